The van der Waals surface area contributed by atoms with Crippen molar-refractivity contribution in [2.24, 2.45) is 0 Å². The first-order chi connectivity index (χ1) is 4.20. The molecule has 0 aromatic heterocycles. The predicted octanol–water partition coefficient (Wildman–Crippen LogP) is 1.35. The molecule has 0 N–H and O–H groups in total. The molecule has 0 rings (SSSR count). The minimum absolute atomic E-state index is 0.917. The number of hydrogen-bond acceptors (Lipinski definition) is 2. The van der Waals surface area contributed by atoms with Gasteiger partial charge in [-0.25, -0.2) is 5.06 Å². The third kappa shape index (κ3) is 4.90. The van der Waals surface area contributed by atoms with E-state index in [2.05, 4.69) is 13.8 Å². The molecule has 56 valence electrons. The van der Waals surface area contributed by atoms with Crippen LogP contribution in [0.15, 0.2) is 0 Å². The molecule has 0 aromatic rings. The molecule has 0 radical (unpaired) electrons. The van der Waals surface area contributed by atoms with Crippen LogP contribution < -0.4 is 0 Å². The summed E-state index contributed by atoms with van der Waals surface area (Å²) in [6, 6.07) is 0. The zero-order valence-electron chi connectivity index (χ0n) is 6.22. The van der Waals surface area contributed by atoms with Crippen LogP contribution in [0.4, 0.5) is 0 Å². The van der Waals surface area contributed by atoms with E-state index < -0.39 is 8.35 Å². The minimum atomic E-state index is -1.37. The molecule has 0 fully saturated rings. The SMILES string of the molecule is CCN(CC)O[SiH](C)Cl. The lowest BCUT2D eigenvalue weighted by Gasteiger charge is -2.18. The molecule has 1 atom stereocenters. The van der Waals surface area contributed by atoms with Crippen LogP contribution in [0, 0.1) is 0 Å². The van der Waals surface area contributed by atoms with Crippen molar-refractivity contribution >= 4 is 19.4 Å². The Kier molecular flexibility index (Phi) is 5.48. The Labute approximate surface area is 63.1 Å². The first-order valence-corrected chi connectivity index (χ1v) is 6.63. The number of halogens is 1. The summed E-state index contributed by atoms with van der Waals surface area (Å²) in [5, 5.41) is 1.88. The maximum atomic E-state index is 5.71. The fourth-order valence-corrected chi connectivity index (χ4v) is 1.63. The number of hydroxylamine groups is 2. The number of hydrogen-bond donors (Lipinski definition) is 0. The first-order valence-electron chi connectivity index (χ1n) is 3.26. The highest BCUT2D eigenvalue weighted by Crippen LogP contribution is 1.96. The van der Waals surface area contributed by atoms with Crippen LogP contribution in [0.1, 0.15) is 13.8 Å². The zero-order valence-corrected chi connectivity index (χ0v) is 8.14. The van der Waals surface area contributed by atoms with E-state index in [1.165, 1.54) is 0 Å². The number of rotatable bonds is 4. The van der Waals surface area contributed by atoms with Crippen molar-refractivity contribution in [3.8, 4) is 0 Å². The van der Waals surface area contributed by atoms with Gasteiger partial charge in [0.25, 0.3) is 8.35 Å². The fraction of sp³-hybridized carbons (Fsp3) is 1.00. The molecule has 0 bridgehead atoms. The van der Waals surface area contributed by atoms with Gasteiger partial charge in [0, 0.05) is 13.1 Å². The van der Waals surface area contributed by atoms with Gasteiger partial charge in [0.1, 0.15) is 0 Å². The lowest BCUT2D eigenvalue weighted by molar-refractivity contribution is -0.0485. The highest BCUT2D eigenvalue weighted by molar-refractivity contribution is 7.02. The van der Waals surface area contributed by atoms with Crippen LogP contribution >= 0.6 is 11.1 Å². The second-order valence-electron chi connectivity index (χ2n) is 1.76. The van der Waals surface area contributed by atoms with Gasteiger partial charge >= 0.3 is 0 Å². The van der Waals surface area contributed by atoms with Crippen LogP contribution in [0.3, 0.4) is 0 Å². The van der Waals surface area contributed by atoms with Crippen molar-refractivity contribution in [1.82, 2.24) is 5.06 Å². The smallest absolute Gasteiger partial charge is 0.296 e. The molecule has 0 spiro atoms. The first kappa shape index (κ1) is 9.43. The average molecular weight is 168 g/mol. The molecular formula is C5H14ClNOSi. The van der Waals surface area contributed by atoms with Crippen molar-refractivity contribution in [3.05, 3.63) is 0 Å². The lowest BCUT2D eigenvalue weighted by atomic mass is 10.6. The molecule has 1 unspecified atom stereocenters. The van der Waals surface area contributed by atoms with Crippen molar-refractivity contribution < 1.29 is 4.53 Å². The molecule has 0 aliphatic carbocycles. The van der Waals surface area contributed by atoms with Gasteiger partial charge in [-0.1, -0.05) is 13.8 Å². The van der Waals surface area contributed by atoms with Gasteiger partial charge < -0.3 is 4.53 Å². The summed E-state index contributed by atoms with van der Waals surface area (Å²) in [6.45, 7) is 7.88. The quantitative estimate of drug-likeness (QED) is 0.356. The summed E-state index contributed by atoms with van der Waals surface area (Å²) in [7, 11) is -1.37. The second kappa shape index (κ2) is 5.23. The summed E-state index contributed by atoms with van der Waals surface area (Å²) in [6.07, 6.45) is 0. The van der Waals surface area contributed by atoms with E-state index in [9.17, 15) is 0 Å². The van der Waals surface area contributed by atoms with E-state index in [4.69, 9.17) is 15.6 Å². The van der Waals surface area contributed by atoms with Crippen molar-refractivity contribution in [2.45, 2.75) is 20.4 Å². The van der Waals surface area contributed by atoms with E-state index in [0.717, 1.165) is 13.1 Å². The maximum absolute atomic E-state index is 5.71. The van der Waals surface area contributed by atoms with Gasteiger partial charge in [-0.05, 0) is 6.55 Å². The summed E-state index contributed by atoms with van der Waals surface area (Å²) in [5.41, 5.74) is 0. The molecule has 0 heterocycles. The van der Waals surface area contributed by atoms with Gasteiger partial charge in [0.15, 0.2) is 0 Å². The summed E-state index contributed by atoms with van der Waals surface area (Å²) < 4.78 is 5.29. The van der Waals surface area contributed by atoms with E-state index in [-0.39, 0.29) is 0 Å². The Balaban J connectivity index is 3.31. The van der Waals surface area contributed by atoms with Gasteiger partial charge in [0.2, 0.25) is 0 Å². The van der Waals surface area contributed by atoms with Gasteiger partial charge in [0.05, 0.1) is 0 Å². The van der Waals surface area contributed by atoms with Gasteiger partial charge in [-0.15, -0.1) is 11.1 Å². The normalized spacial score (nSPS) is 14.3. The molecule has 4 heteroatoms. The van der Waals surface area contributed by atoms with Crippen LogP contribution in [0.5, 0.6) is 0 Å². The molecule has 0 saturated carbocycles. The van der Waals surface area contributed by atoms with Crippen LogP contribution in [-0.2, 0) is 4.53 Å². The van der Waals surface area contributed by atoms with Crippen molar-refractivity contribution in [2.75, 3.05) is 13.1 Å². The molecule has 0 aliphatic rings. The molecule has 2 nitrogen and oxygen atoms in total. The molecule has 9 heavy (non-hydrogen) atoms. The number of nitrogens with zero attached hydrogens (tertiary/aromatic N) is 1. The molecule has 0 amide bonds. The fourth-order valence-electron chi connectivity index (χ4n) is 0.578. The minimum Gasteiger partial charge on any atom is -0.328 e. The van der Waals surface area contributed by atoms with Gasteiger partial charge in [-0.3, -0.25) is 0 Å². The third-order valence-corrected chi connectivity index (χ3v) is 1.83. The van der Waals surface area contributed by atoms with Crippen molar-refractivity contribution in [3.63, 3.8) is 0 Å². The van der Waals surface area contributed by atoms with Crippen LogP contribution in [0.2, 0.25) is 6.55 Å². The van der Waals surface area contributed by atoms with Gasteiger partial charge in [-0.2, -0.15) is 0 Å². The zero-order chi connectivity index (χ0) is 7.28. The van der Waals surface area contributed by atoms with E-state index in [1.54, 1.807) is 0 Å². The largest absolute Gasteiger partial charge is 0.328 e. The topological polar surface area (TPSA) is 12.5 Å². The highest BCUT2D eigenvalue weighted by atomic mass is 35.6. The van der Waals surface area contributed by atoms with E-state index in [1.807, 2.05) is 11.6 Å². The standard InChI is InChI=1S/C5H14ClNOSi/c1-4-7(5-2)8-9(3)6/h9H,4-5H2,1-3H3. The molecule has 0 aromatic carbocycles. The Bertz CT molecular complexity index is 68.0. The Morgan fingerprint density at radius 3 is 2.00 bits per heavy atom. The Hall–Kier alpha value is 0.427. The average Bonchev–Trinajstić information content (AvgIpc) is 1.82. The summed E-state index contributed by atoms with van der Waals surface area (Å²) >= 11 is 5.71. The second-order valence-corrected chi connectivity index (χ2v) is 4.90. The Morgan fingerprint density at radius 1 is 1.44 bits per heavy atom. The Morgan fingerprint density at radius 2 is 1.89 bits per heavy atom. The molecule has 0 saturated heterocycles. The summed E-state index contributed by atoms with van der Waals surface area (Å²) in [4.78, 5) is 0. The van der Waals surface area contributed by atoms with Crippen LogP contribution in [-0.4, -0.2) is 26.5 Å². The third-order valence-electron chi connectivity index (χ3n) is 1.000. The van der Waals surface area contributed by atoms with Crippen LogP contribution in [0.25, 0.3) is 0 Å². The predicted molar refractivity (Wildman–Crippen MR) is 42.9 cm³/mol. The lowest BCUT2D eigenvalue weighted by Crippen LogP contribution is -2.27. The highest BCUT2D eigenvalue weighted by Gasteiger charge is 2.03. The maximum Gasteiger partial charge on any atom is 0.296 e. The van der Waals surface area contributed by atoms with E-state index in [0.29, 0.717) is 0 Å². The summed E-state index contributed by atoms with van der Waals surface area (Å²) in [5.74, 6) is 0. The van der Waals surface area contributed by atoms with E-state index >= 15 is 0 Å². The molecule has 0 aliphatic heterocycles. The molecular weight excluding hydrogens is 154 g/mol. The van der Waals surface area contributed by atoms with Crippen molar-refractivity contribution in [1.29, 1.82) is 0 Å². The monoisotopic (exact) mass is 167 g/mol.